The molecule has 0 rings (SSSR count). The molecule has 3 nitrogen and oxygen atoms in total. The number of ether oxygens (including phenoxy) is 2. The van der Waals surface area contributed by atoms with Gasteiger partial charge in [0.25, 0.3) is 0 Å². The minimum Gasteiger partial charge on any atom is -0.466 e. The fraction of sp³-hybridized carbons (Fsp3) is 0.600. The fourth-order valence-corrected chi connectivity index (χ4v) is 0.703. The molecule has 0 aliphatic carbocycles. The van der Waals surface area contributed by atoms with Gasteiger partial charge < -0.3 is 14.8 Å². The molecule has 2 unspecified atom stereocenters. The molecule has 88 valence electrons. The molecule has 0 spiro atoms. The average molecular weight is 221 g/mol. The van der Waals surface area contributed by atoms with Gasteiger partial charge in [0, 0.05) is 13.3 Å². The Morgan fingerprint density at radius 3 is 2.60 bits per heavy atom. The molecule has 0 aromatic rings. The van der Waals surface area contributed by atoms with Gasteiger partial charge in [0.15, 0.2) is 0 Å². The van der Waals surface area contributed by atoms with Gasteiger partial charge in [-0.15, -0.1) is 0 Å². The zero-order valence-electron chi connectivity index (χ0n) is 8.95. The smallest absolute Gasteiger partial charge is 0.242 e. The fourth-order valence-electron chi connectivity index (χ4n) is 0.703. The highest BCUT2D eigenvalue weighted by molar-refractivity contribution is 4.84. The van der Waals surface area contributed by atoms with Crippen LogP contribution in [-0.4, -0.2) is 19.8 Å². The van der Waals surface area contributed by atoms with Gasteiger partial charge in [-0.1, -0.05) is 13.0 Å². The highest BCUT2D eigenvalue weighted by Crippen LogP contribution is 2.08. The number of hydrogen-bond acceptors (Lipinski definition) is 3. The van der Waals surface area contributed by atoms with Crippen molar-refractivity contribution >= 4 is 0 Å². The lowest BCUT2D eigenvalue weighted by Gasteiger charge is -2.09. The molecule has 0 radical (unpaired) electrons. The number of hydrogen-bond donors (Lipinski definition) is 1. The lowest BCUT2D eigenvalue weighted by molar-refractivity contribution is -0.0773. The number of alkyl halides is 2. The first-order valence-electron chi connectivity index (χ1n) is 4.73. The molecule has 0 aromatic carbocycles. The second-order valence-corrected chi connectivity index (χ2v) is 2.71. The standard InChI is InChI=1S/C10H17F2NO2/c1-3-4-5-13-6-7-15-10(12)8-9(11)14-2/h4-7,9-10,13H,3,8H2,1-2H3/b5-4-,7-6+. The molecule has 15 heavy (non-hydrogen) atoms. The van der Waals surface area contributed by atoms with Crippen molar-refractivity contribution in [2.24, 2.45) is 0 Å². The zero-order valence-corrected chi connectivity index (χ0v) is 8.95. The minimum absolute atomic E-state index is 0.439. The van der Waals surface area contributed by atoms with Crippen molar-refractivity contribution in [1.82, 2.24) is 5.32 Å². The van der Waals surface area contributed by atoms with Crippen molar-refractivity contribution in [3.8, 4) is 0 Å². The lowest BCUT2D eigenvalue weighted by atomic mass is 10.4. The van der Waals surface area contributed by atoms with Crippen LogP contribution in [0.3, 0.4) is 0 Å². The van der Waals surface area contributed by atoms with Gasteiger partial charge >= 0.3 is 0 Å². The molecule has 0 aliphatic heterocycles. The molecule has 5 heteroatoms. The summed E-state index contributed by atoms with van der Waals surface area (Å²) in [5, 5.41) is 2.73. The van der Waals surface area contributed by atoms with E-state index in [-0.39, 0.29) is 0 Å². The quantitative estimate of drug-likeness (QED) is 0.639. The van der Waals surface area contributed by atoms with Crippen LogP contribution in [0, 0.1) is 0 Å². The maximum absolute atomic E-state index is 12.8. The Labute approximate surface area is 88.8 Å². The average Bonchev–Trinajstić information content (AvgIpc) is 2.23. The molecule has 0 aliphatic rings. The van der Waals surface area contributed by atoms with E-state index >= 15 is 0 Å². The number of rotatable bonds is 8. The van der Waals surface area contributed by atoms with Gasteiger partial charge in [-0.25, -0.2) is 8.78 Å². The number of nitrogens with one attached hydrogen (secondary N) is 1. The second-order valence-electron chi connectivity index (χ2n) is 2.71. The maximum atomic E-state index is 12.8. The first-order chi connectivity index (χ1) is 7.20. The van der Waals surface area contributed by atoms with Crippen molar-refractivity contribution in [2.75, 3.05) is 7.11 Å². The topological polar surface area (TPSA) is 30.5 Å². The number of methoxy groups -OCH3 is 1. The van der Waals surface area contributed by atoms with E-state index in [9.17, 15) is 8.78 Å². The van der Waals surface area contributed by atoms with Crippen LogP contribution in [0.4, 0.5) is 8.78 Å². The van der Waals surface area contributed by atoms with E-state index in [4.69, 9.17) is 0 Å². The summed E-state index contributed by atoms with van der Waals surface area (Å²) in [6.45, 7) is 1.99. The summed E-state index contributed by atoms with van der Waals surface area (Å²) in [7, 11) is 1.17. The summed E-state index contributed by atoms with van der Waals surface area (Å²) in [5.41, 5.74) is 0. The van der Waals surface area contributed by atoms with Crippen molar-refractivity contribution in [2.45, 2.75) is 32.5 Å². The summed E-state index contributed by atoms with van der Waals surface area (Å²) in [4.78, 5) is 0. The minimum atomic E-state index is -1.70. The summed E-state index contributed by atoms with van der Waals surface area (Å²) < 4.78 is 34.0. The van der Waals surface area contributed by atoms with E-state index < -0.39 is 19.1 Å². The molecular formula is C10H17F2NO2. The molecule has 0 bridgehead atoms. The van der Waals surface area contributed by atoms with Gasteiger partial charge in [0.2, 0.25) is 12.7 Å². The molecule has 0 amide bonds. The first kappa shape index (κ1) is 13.9. The van der Waals surface area contributed by atoms with Gasteiger partial charge in [0.05, 0.1) is 6.42 Å². The van der Waals surface area contributed by atoms with E-state index in [0.717, 1.165) is 12.7 Å². The monoisotopic (exact) mass is 221 g/mol. The Kier molecular flexibility index (Phi) is 8.76. The van der Waals surface area contributed by atoms with E-state index in [1.165, 1.54) is 13.3 Å². The van der Waals surface area contributed by atoms with E-state index in [2.05, 4.69) is 14.8 Å². The van der Waals surface area contributed by atoms with Crippen molar-refractivity contribution in [3.05, 3.63) is 24.7 Å². The molecule has 2 atom stereocenters. The first-order valence-corrected chi connectivity index (χ1v) is 4.73. The van der Waals surface area contributed by atoms with Gasteiger partial charge in [0.1, 0.15) is 6.26 Å². The summed E-state index contributed by atoms with van der Waals surface area (Å²) in [5.74, 6) is 0. The normalized spacial score (nSPS) is 15.7. The highest BCUT2D eigenvalue weighted by atomic mass is 19.2. The SMILES string of the molecule is CC/C=C\N/C=C/OC(F)CC(F)OC. The Morgan fingerprint density at radius 1 is 1.27 bits per heavy atom. The Balaban J connectivity index is 3.52. The zero-order chi connectivity index (χ0) is 11.5. The molecule has 0 heterocycles. The Morgan fingerprint density at radius 2 is 2.00 bits per heavy atom. The van der Waals surface area contributed by atoms with Crippen LogP contribution in [0.2, 0.25) is 0 Å². The predicted octanol–water partition coefficient (Wildman–Crippen LogP) is 2.62. The molecular weight excluding hydrogens is 204 g/mol. The largest absolute Gasteiger partial charge is 0.466 e. The van der Waals surface area contributed by atoms with Crippen LogP contribution < -0.4 is 5.32 Å². The number of halogens is 2. The molecule has 0 aromatic heterocycles. The third kappa shape index (κ3) is 9.21. The summed E-state index contributed by atoms with van der Waals surface area (Å²) >= 11 is 0. The van der Waals surface area contributed by atoms with Crippen molar-refractivity contribution < 1.29 is 18.3 Å². The highest BCUT2D eigenvalue weighted by Gasteiger charge is 2.13. The maximum Gasteiger partial charge on any atom is 0.242 e. The van der Waals surface area contributed by atoms with Crippen LogP contribution in [0.1, 0.15) is 19.8 Å². The van der Waals surface area contributed by atoms with Crippen LogP contribution in [0.25, 0.3) is 0 Å². The van der Waals surface area contributed by atoms with Crippen molar-refractivity contribution in [3.63, 3.8) is 0 Å². The third-order valence-electron chi connectivity index (χ3n) is 1.47. The summed E-state index contributed by atoms with van der Waals surface area (Å²) in [6, 6.07) is 0. The number of allylic oxidation sites excluding steroid dienone is 1. The van der Waals surface area contributed by atoms with Gasteiger partial charge in [-0.05, 0) is 12.6 Å². The molecule has 0 saturated carbocycles. The third-order valence-corrected chi connectivity index (χ3v) is 1.47. The van der Waals surface area contributed by atoms with Crippen LogP contribution in [0.15, 0.2) is 24.7 Å². The van der Waals surface area contributed by atoms with Gasteiger partial charge in [-0.3, -0.25) is 0 Å². The van der Waals surface area contributed by atoms with Crippen LogP contribution in [-0.2, 0) is 9.47 Å². The van der Waals surface area contributed by atoms with Crippen LogP contribution in [0.5, 0.6) is 0 Å². The van der Waals surface area contributed by atoms with Gasteiger partial charge in [-0.2, -0.15) is 0 Å². The Bertz CT molecular complexity index is 198. The lowest BCUT2D eigenvalue weighted by Crippen LogP contribution is -2.13. The predicted molar refractivity (Wildman–Crippen MR) is 54.2 cm³/mol. The molecule has 1 N–H and O–H groups in total. The second kappa shape index (κ2) is 9.45. The molecule has 0 fully saturated rings. The van der Waals surface area contributed by atoms with Crippen LogP contribution >= 0.6 is 0 Å². The van der Waals surface area contributed by atoms with E-state index in [0.29, 0.717) is 0 Å². The van der Waals surface area contributed by atoms with E-state index in [1.54, 1.807) is 6.20 Å². The Hall–Kier alpha value is -1.10. The van der Waals surface area contributed by atoms with Crippen molar-refractivity contribution in [1.29, 1.82) is 0 Å². The summed E-state index contributed by atoms with van der Waals surface area (Å²) in [6.07, 6.45) is 3.26. The van der Waals surface area contributed by atoms with E-state index in [1.807, 2.05) is 13.0 Å². The molecule has 0 saturated heterocycles.